The van der Waals surface area contributed by atoms with Crippen LogP contribution in [0.3, 0.4) is 0 Å². The van der Waals surface area contributed by atoms with Crippen molar-refractivity contribution in [1.82, 2.24) is 0 Å². The van der Waals surface area contributed by atoms with Gasteiger partial charge in [-0.15, -0.1) is 0 Å². The smallest absolute Gasteiger partial charge is 0.186 e. The fourth-order valence-corrected chi connectivity index (χ4v) is 6.16. The average Bonchev–Trinajstić information content (AvgIpc) is 2.83. The van der Waals surface area contributed by atoms with Gasteiger partial charge in [-0.25, -0.2) is 0 Å². The number of allylic oxidation sites excluding steroid dienone is 9. The summed E-state index contributed by atoms with van der Waals surface area (Å²) >= 11 is 0. The Morgan fingerprint density at radius 3 is 1.44 bits per heavy atom. The first-order valence-electron chi connectivity index (χ1n) is 14.2. The summed E-state index contributed by atoms with van der Waals surface area (Å²) in [7, 11) is 0. The van der Waals surface area contributed by atoms with Crippen LogP contribution < -0.4 is 0 Å². The third-order valence-corrected chi connectivity index (χ3v) is 8.31. The Kier molecular flexibility index (Phi) is 7.88. The Bertz CT molecular complexity index is 1000. The molecule has 0 aromatic heterocycles. The molecular formula is C33H45NO2. The number of ketones is 2. The zero-order chi connectivity index (χ0) is 26.1. The number of rotatable bonds is 3. The minimum absolute atomic E-state index is 0.129. The maximum absolute atomic E-state index is 13.7. The average molecular weight is 488 g/mol. The highest BCUT2D eigenvalue weighted by Crippen LogP contribution is 2.40. The Morgan fingerprint density at radius 2 is 1.06 bits per heavy atom. The molecule has 0 heterocycles. The lowest BCUT2D eigenvalue weighted by Gasteiger charge is -2.31. The number of hydrogen-bond donors (Lipinski definition) is 0. The van der Waals surface area contributed by atoms with Crippen LogP contribution in [0.2, 0.25) is 0 Å². The van der Waals surface area contributed by atoms with E-state index in [1.807, 2.05) is 18.4 Å². The summed E-state index contributed by atoms with van der Waals surface area (Å²) in [6.45, 7) is 12.5. The predicted octanol–water partition coefficient (Wildman–Crippen LogP) is 8.44. The molecule has 36 heavy (non-hydrogen) atoms. The van der Waals surface area contributed by atoms with Crippen molar-refractivity contribution in [1.29, 1.82) is 0 Å². The summed E-state index contributed by atoms with van der Waals surface area (Å²) in [5.41, 5.74) is 4.97. The molecule has 3 nitrogen and oxygen atoms in total. The Labute approximate surface area is 218 Å². The largest absolute Gasteiger partial charge is 0.289 e. The molecule has 0 aromatic rings. The third-order valence-electron chi connectivity index (χ3n) is 8.31. The van der Waals surface area contributed by atoms with Gasteiger partial charge in [-0.1, -0.05) is 80.1 Å². The van der Waals surface area contributed by atoms with Crippen molar-refractivity contribution in [2.24, 2.45) is 27.7 Å². The van der Waals surface area contributed by atoms with E-state index in [1.165, 1.54) is 38.5 Å². The molecule has 4 aliphatic rings. The lowest BCUT2D eigenvalue weighted by Crippen LogP contribution is -2.29. The molecule has 0 aliphatic heterocycles. The van der Waals surface area contributed by atoms with E-state index in [2.05, 4.69) is 53.7 Å². The van der Waals surface area contributed by atoms with Crippen LogP contribution in [0.25, 0.3) is 0 Å². The van der Waals surface area contributed by atoms with Gasteiger partial charge in [0.15, 0.2) is 11.6 Å². The number of carbonyl (C=O) groups excluding carboxylic acids is 2. The fourth-order valence-electron chi connectivity index (χ4n) is 6.16. The van der Waals surface area contributed by atoms with Gasteiger partial charge in [0.1, 0.15) is 0 Å². The van der Waals surface area contributed by atoms with E-state index in [0.717, 1.165) is 59.3 Å². The van der Waals surface area contributed by atoms with Crippen molar-refractivity contribution in [3.8, 4) is 0 Å². The SMILES string of the molecule is CC(C)(C)C1=CC(=NC=C2C=C(C3CCCCC3)C(=O)C(C3CCCCC3)=C2)C=C(C(C)(C)C)C1=O. The highest BCUT2D eigenvalue weighted by atomic mass is 16.1. The van der Waals surface area contributed by atoms with Crippen LogP contribution in [0.4, 0.5) is 0 Å². The van der Waals surface area contributed by atoms with Crippen molar-refractivity contribution in [2.45, 2.75) is 106 Å². The van der Waals surface area contributed by atoms with Crippen LogP contribution in [0, 0.1) is 22.7 Å². The molecule has 0 spiro atoms. The molecular weight excluding hydrogens is 442 g/mol. The molecule has 0 bridgehead atoms. The number of hydrogen-bond acceptors (Lipinski definition) is 3. The molecule has 2 saturated carbocycles. The van der Waals surface area contributed by atoms with Gasteiger partial charge < -0.3 is 0 Å². The van der Waals surface area contributed by atoms with Crippen molar-refractivity contribution in [3.63, 3.8) is 0 Å². The molecule has 4 rings (SSSR count). The molecule has 0 saturated heterocycles. The zero-order valence-corrected chi connectivity index (χ0v) is 23.4. The van der Waals surface area contributed by atoms with Crippen molar-refractivity contribution < 1.29 is 9.59 Å². The van der Waals surface area contributed by atoms with Gasteiger partial charge in [-0.2, -0.15) is 0 Å². The summed E-state index contributed by atoms with van der Waals surface area (Å²) in [6, 6.07) is 0. The molecule has 4 aliphatic carbocycles. The second-order valence-corrected chi connectivity index (χ2v) is 13.3. The van der Waals surface area contributed by atoms with Crippen LogP contribution in [0.1, 0.15) is 106 Å². The topological polar surface area (TPSA) is 46.5 Å². The van der Waals surface area contributed by atoms with Gasteiger partial charge in [0.2, 0.25) is 0 Å². The number of Topliss-reactive ketones (excluding diaryl/α,β-unsaturated/α-hetero) is 2. The summed E-state index contributed by atoms with van der Waals surface area (Å²) in [6.07, 6.45) is 22.0. The van der Waals surface area contributed by atoms with Gasteiger partial charge in [-0.05, 0) is 78.2 Å². The molecule has 0 N–H and O–H groups in total. The molecule has 0 aromatic carbocycles. The first kappa shape index (κ1) is 26.8. The van der Waals surface area contributed by atoms with E-state index in [4.69, 9.17) is 4.99 Å². The second-order valence-electron chi connectivity index (χ2n) is 13.3. The molecule has 0 amide bonds. The van der Waals surface area contributed by atoms with E-state index in [1.54, 1.807) is 0 Å². The maximum atomic E-state index is 13.7. The van der Waals surface area contributed by atoms with E-state index < -0.39 is 0 Å². The van der Waals surface area contributed by atoms with Crippen molar-refractivity contribution in [2.75, 3.05) is 0 Å². The van der Waals surface area contributed by atoms with E-state index in [0.29, 0.717) is 17.6 Å². The summed E-state index contributed by atoms with van der Waals surface area (Å²) < 4.78 is 0. The molecule has 0 unspecified atom stereocenters. The minimum Gasteiger partial charge on any atom is -0.289 e. The van der Waals surface area contributed by atoms with E-state index in [9.17, 15) is 9.59 Å². The van der Waals surface area contributed by atoms with Gasteiger partial charge >= 0.3 is 0 Å². The number of aliphatic imine (C=N–C) groups is 1. The van der Waals surface area contributed by atoms with Crippen LogP contribution in [0.5, 0.6) is 0 Å². The van der Waals surface area contributed by atoms with Gasteiger partial charge in [0.05, 0.1) is 5.71 Å². The number of carbonyl (C=O) groups is 2. The normalized spacial score (nSPS) is 23.2. The second kappa shape index (κ2) is 10.6. The molecule has 2 fully saturated rings. The quantitative estimate of drug-likeness (QED) is 0.375. The summed E-state index contributed by atoms with van der Waals surface area (Å²) in [5, 5.41) is 0. The Hall–Kier alpha value is -2.29. The van der Waals surface area contributed by atoms with Gasteiger partial charge in [-0.3, -0.25) is 14.6 Å². The highest BCUT2D eigenvalue weighted by molar-refractivity contribution is 6.23. The zero-order valence-electron chi connectivity index (χ0n) is 23.4. The van der Waals surface area contributed by atoms with E-state index in [-0.39, 0.29) is 16.6 Å². The maximum Gasteiger partial charge on any atom is 0.186 e. The Morgan fingerprint density at radius 1 is 0.639 bits per heavy atom. The number of nitrogens with zero attached hydrogens (tertiary/aromatic N) is 1. The molecule has 3 heteroatoms. The standard InChI is InChI=1S/C33H45NO2/c1-32(2,3)28-19-25(20-29(31(28)36)33(4,5)6)34-21-22-17-26(23-13-9-7-10-14-23)30(35)27(18-22)24-15-11-8-12-16-24/h17-21,23-24H,7-16H2,1-6H3. The lowest BCUT2D eigenvalue weighted by molar-refractivity contribution is -0.114. The molecule has 0 radical (unpaired) electrons. The predicted molar refractivity (Wildman–Crippen MR) is 150 cm³/mol. The Balaban J connectivity index is 1.75. The van der Waals surface area contributed by atoms with Crippen LogP contribution in [-0.4, -0.2) is 17.3 Å². The monoisotopic (exact) mass is 487 g/mol. The van der Waals surface area contributed by atoms with Crippen molar-refractivity contribution in [3.05, 3.63) is 58.4 Å². The fraction of sp³-hybridized carbons (Fsp3) is 0.606. The lowest BCUT2D eigenvalue weighted by atomic mass is 9.72. The third kappa shape index (κ3) is 5.98. The van der Waals surface area contributed by atoms with Crippen molar-refractivity contribution >= 4 is 17.3 Å². The van der Waals surface area contributed by atoms with Gasteiger partial charge in [0.25, 0.3) is 0 Å². The summed E-state index contributed by atoms with van der Waals surface area (Å²) in [4.78, 5) is 31.8. The van der Waals surface area contributed by atoms with E-state index >= 15 is 0 Å². The van der Waals surface area contributed by atoms with Crippen LogP contribution in [-0.2, 0) is 9.59 Å². The van der Waals surface area contributed by atoms with Crippen LogP contribution >= 0.6 is 0 Å². The molecule has 194 valence electrons. The summed E-state index contributed by atoms with van der Waals surface area (Å²) in [5.74, 6) is 1.18. The minimum atomic E-state index is -0.255. The van der Waals surface area contributed by atoms with Crippen LogP contribution in [0.15, 0.2) is 63.4 Å². The molecule has 0 atom stereocenters. The highest BCUT2D eigenvalue weighted by Gasteiger charge is 2.35. The van der Waals surface area contributed by atoms with Gasteiger partial charge in [0, 0.05) is 28.5 Å². The first-order chi connectivity index (χ1) is 16.9. The first-order valence-corrected chi connectivity index (χ1v) is 14.2.